The molecule has 2 aromatic carbocycles. The summed E-state index contributed by atoms with van der Waals surface area (Å²) in [4.78, 5) is 4.67. The van der Waals surface area contributed by atoms with Crippen LogP contribution < -0.4 is 11.2 Å². The number of nitrogen functional groups attached to an aromatic ring is 1. The molecule has 3 rings (SSSR count). The van der Waals surface area contributed by atoms with Crippen molar-refractivity contribution in [2.45, 2.75) is 52.4 Å². The molecule has 0 atom stereocenters. The summed E-state index contributed by atoms with van der Waals surface area (Å²) in [6.45, 7) is 10.8. The van der Waals surface area contributed by atoms with Crippen molar-refractivity contribution >= 4 is 24.0 Å². The standard InChI is InChI=1S/C21H27BN2O2/c1-15(24-14-16-9-7-6-8-10-16)18-12-11-17(13-19(18)23)22-25-20(2,3)21(4,5)26-22/h6-13H,14,23H2,1-5H3. The van der Waals surface area contributed by atoms with Gasteiger partial charge in [0.05, 0.1) is 17.7 Å². The van der Waals surface area contributed by atoms with Gasteiger partial charge in [-0.3, -0.25) is 4.99 Å². The van der Waals surface area contributed by atoms with Crippen LogP contribution in [0, 0.1) is 0 Å². The Morgan fingerprint density at radius 1 is 1.00 bits per heavy atom. The zero-order valence-electron chi connectivity index (χ0n) is 16.2. The van der Waals surface area contributed by atoms with Crippen LogP contribution in [0.2, 0.25) is 0 Å². The third-order valence-electron chi connectivity index (χ3n) is 5.33. The molecule has 136 valence electrons. The molecule has 1 aliphatic rings. The molecule has 0 saturated carbocycles. The van der Waals surface area contributed by atoms with Crippen LogP contribution in [0.15, 0.2) is 53.5 Å². The van der Waals surface area contributed by atoms with Crippen LogP contribution in [0.5, 0.6) is 0 Å². The van der Waals surface area contributed by atoms with Crippen molar-refractivity contribution in [1.82, 2.24) is 0 Å². The molecule has 5 heteroatoms. The van der Waals surface area contributed by atoms with Crippen LogP contribution in [0.1, 0.15) is 45.7 Å². The lowest BCUT2D eigenvalue weighted by molar-refractivity contribution is 0.00578. The molecule has 0 amide bonds. The molecule has 0 radical (unpaired) electrons. The number of rotatable bonds is 4. The zero-order valence-corrected chi connectivity index (χ0v) is 16.2. The Balaban J connectivity index is 1.78. The van der Waals surface area contributed by atoms with Crippen molar-refractivity contribution in [3.05, 3.63) is 59.7 Å². The first-order valence-electron chi connectivity index (χ1n) is 9.00. The van der Waals surface area contributed by atoms with Crippen molar-refractivity contribution in [2.24, 2.45) is 4.99 Å². The van der Waals surface area contributed by atoms with E-state index in [1.807, 2.05) is 71.0 Å². The average Bonchev–Trinajstić information content (AvgIpc) is 2.81. The van der Waals surface area contributed by atoms with E-state index in [0.717, 1.165) is 16.7 Å². The highest BCUT2D eigenvalue weighted by Gasteiger charge is 2.51. The second kappa shape index (κ2) is 6.90. The van der Waals surface area contributed by atoms with Crippen LogP contribution >= 0.6 is 0 Å². The molecule has 1 saturated heterocycles. The number of benzene rings is 2. The van der Waals surface area contributed by atoms with Gasteiger partial charge in [-0.1, -0.05) is 42.5 Å². The molecule has 2 N–H and O–H groups in total. The smallest absolute Gasteiger partial charge is 0.399 e. The minimum Gasteiger partial charge on any atom is -0.399 e. The number of nitrogens with zero attached hydrogens (tertiary/aromatic N) is 1. The predicted octanol–water partition coefficient (Wildman–Crippen LogP) is 3.58. The Bertz CT molecular complexity index is 800. The molecule has 26 heavy (non-hydrogen) atoms. The highest BCUT2D eigenvalue weighted by atomic mass is 16.7. The van der Waals surface area contributed by atoms with Crippen LogP contribution in [0.4, 0.5) is 5.69 Å². The van der Waals surface area contributed by atoms with E-state index in [4.69, 9.17) is 15.0 Å². The predicted molar refractivity (Wildman–Crippen MR) is 109 cm³/mol. The van der Waals surface area contributed by atoms with Gasteiger partial charge in [-0.15, -0.1) is 0 Å². The summed E-state index contributed by atoms with van der Waals surface area (Å²) in [6.07, 6.45) is 0. The Hall–Kier alpha value is -2.11. The van der Waals surface area contributed by atoms with Gasteiger partial charge in [0.1, 0.15) is 0 Å². The first-order valence-corrected chi connectivity index (χ1v) is 9.00. The largest absolute Gasteiger partial charge is 0.494 e. The van der Waals surface area contributed by atoms with E-state index >= 15 is 0 Å². The summed E-state index contributed by atoms with van der Waals surface area (Å²) in [6, 6.07) is 16.1. The molecule has 2 aromatic rings. The minimum atomic E-state index is -0.405. The first kappa shape index (κ1) is 18.7. The van der Waals surface area contributed by atoms with Crippen molar-refractivity contribution in [2.75, 3.05) is 5.73 Å². The van der Waals surface area contributed by atoms with Gasteiger partial charge >= 0.3 is 7.12 Å². The average molecular weight is 350 g/mol. The van der Waals surface area contributed by atoms with E-state index < -0.39 is 7.12 Å². The molecule has 1 heterocycles. The second-order valence-corrected chi connectivity index (χ2v) is 7.82. The lowest BCUT2D eigenvalue weighted by Gasteiger charge is -2.32. The summed E-state index contributed by atoms with van der Waals surface area (Å²) >= 11 is 0. The normalized spacial score (nSPS) is 19.0. The quantitative estimate of drug-likeness (QED) is 0.521. The van der Waals surface area contributed by atoms with Crippen LogP contribution in [0.25, 0.3) is 0 Å². The van der Waals surface area contributed by atoms with Crippen molar-refractivity contribution < 1.29 is 9.31 Å². The Kier molecular flexibility index (Phi) is 4.95. The van der Waals surface area contributed by atoms with E-state index in [1.54, 1.807) is 0 Å². The molecule has 0 aromatic heterocycles. The highest BCUT2D eigenvalue weighted by Crippen LogP contribution is 2.36. The number of hydrogen-bond acceptors (Lipinski definition) is 4. The fourth-order valence-electron chi connectivity index (χ4n) is 2.91. The number of anilines is 1. The topological polar surface area (TPSA) is 56.8 Å². The molecule has 0 unspecified atom stereocenters. The van der Waals surface area contributed by atoms with Gasteiger partial charge in [0.2, 0.25) is 0 Å². The first-order chi connectivity index (χ1) is 12.2. The summed E-state index contributed by atoms with van der Waals surface area (Å²) in [5.74, 6) is 0. The molecule has 1 aliphatic heterocycles. The molecule has 0 bridgehead atoms. The maximum Gasteiger partial charge on any atom is 0.494 e. The summed E-state index contributed by atoms with van der Waals surface area (Å²) < 4.78 is 12.2. The minimum absolute atomic E-state index is 0.363. The maximum atomic E-state index is 6.30. The maximum absolute atomic E-state index is 6.30. The third kappa shape index (κ3) is 3.69. The molecule has 0 spiro atoms. The lowest BCUT2D eigenvalue weighted by atomic mass is 9.78. The fourth-order valence-corrected chi connectivity index (χ4v) is 2.91. The zero-order chi connectivity index (χ0) is 18.9. The van der Waals surface area contributed by atoms with E-state index in [0.29, 0.717) is 12.2 Å². The Labute approximate surface area is 156 Å². The van der Waals surface area contributed by atoms with Crippen LogP contribution in [-0.2, 0) is 15.9 Å². The Morgan fingerprint density at radius 3 is 2.19 bits per heavy atom. The van der Waals surface area contributed by atoms with Gasteiger partial charge in [0.15, 0.2) is 0 Å². The van der Waals surface area contributed by atoms with Gasteiger partial charge in [0, 0.05) is 17.0 Å². The molecule has 1 fully saturated rings. The summed E-state index contributed by atoms with van der Waals surface area (Å²) in [5.41, 5.74) is 10.2. The lowest BCUT2D eigenvalue weighted by Crippen LogP contribution is -2.41. The third-order valence-corrected chi connectivity index (χ3v) is 5.33. The molecule has 0 aliphatic carbocycles. The molecule has 4 nitrogen and oxygen atoms in total. The van der Waals surface area contributed by atoms with Gasteiger partial charge in [0.25, 0.3) is 0 Å². The monoisotopic (exact) mass is 350 g/mol. The molecular weight excluding hydrogens is 323 g/mol. The van der Waals surface area contributed by atoms with Crippen molar-refractivity contribution in [1.29, 1.82) is 0 Å². The summed E-state index contributed by atoms with van der Waals surface area (Å²) in [7, 11) is -0.405. The van der Waals surface area contributed by atoms with Gasteiger partial charge in [-0.2, -0.15) is 0 Å². The SMILES string of the molecule is CC(=NCc1ccccc1)c1ccc(B2OC(C)(C)C(C)(C)O2)cc1N. The molecular formula is C21H27BN2O2. The Morgan fingerprint density at radius 2 is 1.62 bits per heavy atom. The summed E-state index contributed by atoms with van der Waals surface area (Å²) in [5, 5.41) is 0. The van der Waals surface area contributed by atoms with Crippen LogP contribution in [0.3, 0.4) is 0 Å². The van der Waals surface area contributed by atoms with Crippen molar-refractivity contribution in [3.8, 4) is 0 Å². The second-order valence-electron chi connectivity index (χ2n) is 7.82. The van der Waals surface area contributed by atoms with Crippen molar-refractivity contribution in [3.63, 3.8) is 0 Å². The van der Waals surface area contributed by atoms with Gasteiger partial charge in [-0.25, -0.2) is 0 Å². The highest BCUT2D eigenvalue weighted by molar-refractivity contribution is 6.62. The van der Waals surface area contributed by atoms with Crippen LogP contribution in [-0.4, -0.2) is 24.0 Å². The van der Waals surface area contributed by atoms with E-state index in [9.17, 15) is 0 Å². The number of nitrogens with two attached hydrogens (primary N) is 1. The number of aliphatic imine (C=N–C) groups is 1. The van der Waals surface area contributed by atoms with E-state index in [1.165, 1.54) is 5.56 Å². The van der Waals surface area contributed by atoms with Gasteiger partial charge < -0.3 is 15.0 Å². The van der Waals surface area contributed by atoms with Gasteiger partial charge in [-0.05, 0) is 51.7 Å². The fraction of sp³-hybridized carbons (Fsp3) is 0.381. The number of hydrogen-bond donors (Lipinski definition) is 1. The van der Waals surface area contributed by atoms with E-state index in [2.05, 4.69) is 17.1 Å². The van der Waals surface area contributed by atoms with E-state index in [-0.39, 0.29) is 11.2 Å².